The molecule has 0 aliphatic rings. The summed E-state index contributed by atoms with van der Waals surface area (Å²) in [6.45, 7) is 0.719. The summed E-state index contributed by atoms with van der Waals surface area (Å²) in [5.74, 6) is 0. The molecule has 0 spiro atoms. The van der Waals surface area contributed by atoms with E-state index < -0.39 is 16.2 Å². The molecule has 0 atom stereocenters. The zero-order chi connectivity index (χ0) is 13.8. The van der Waals surface area contributed by atoms with E-state index in [0.717, 1.165) is 0 Å². The van der Waals surface area contributed by atoms with Gasteiger partial charge in [-0.05, 0) is 12.1 Å². The van der Waals surface area contributed by atoms with Crippen LogP contribution in [0.25, 0.3) is 11.0 Å². The van der Waals surface area contributed by atoms with Gasteiger partial charge < -0.3 is 14.5 Å². The summed E-state index contributed by atoms with van der Waals surface area (Å²) in [6, 6.07) is 6.64. The largest absolute Gasteiger partial charge is 0.418 e. The van der Waals surface area contributed by atoms with Crippen LogP contribution in [0, 0.1) is 10.1 Å². The second-order valence-corrected chi connectivity index (χ2v) is 3.79. The molecule has 0 aliphatic heterocycles. The highest BCUT2D eigenvalue weighted by Crippen LogP contribution is 2.29. The van der Waals surface area contributed by atoms with Gasteiger partial charge in [0.2, 0.25) is 0 Å². The monoisotopic (exact) mass is 264 g/mol. The third kappa shape index (κ3) is 2.55. The van der Waals surface area contributed by atoms with Crippen LogP contribution in [0.3, 0.4) is 0 Å². The lowest BCUT2D eigenvalue weighted by atomic mass is 10.2. The fourth-order valence-corrected chi connectivity index (χ4v) is 1.76. The van der Waals surface area contributed by atoms with Crippen molar-refractivity contribution in [2.24, 2.45) is 0 Å². The van der Waals surface area contributed by atoms with E-state index in [4.69, 9.17) is 9.15 Å². The molecule has 7 nitrogen and oxygen atoms in total. The molecule has 0 bridgehead atoms. The minimum absolute atomic E-state index is 0.161. The number of nitrogens with one attached hydrogen (secondary N) is 1. The summed E-state index contributed by atoms with van der Waals surface area (Å²) in [4.78, 5) is 21.9. The van der Waals surface area contributed by atoms with Crippen molar-refractivity contribution in [3.05, 3.63) is 44.8 Å². The van der Waals surface area contributed by atoms with Gasteiger partial charge in [0, 0.05) is 19.0 Å². The molecule has 0 unspecified atom stereocenters. The van der Waals surface area contributed by atoms with Gasteiger partial charge in [-0.1, -0.05) is 12.1 Å². The maximum atomic E-state index is 11.6. The number of ether oxygens (including phenoxy) is 1. The number of methoxy groups -OCH3 is 1. The zero-order valence-electron chi connectivity index (χ0n) is 10.2. The van der Waals surface area contributed by atoms with E-state index in [-0.39, 0.29) is 5.69 Å². The number of anilines is 1. The number of para-hydroxylation sites is 1. The van der Waals surface area contributed by atoms with Crippen LogP contribution >= 0.6 is 0 Å². The van der Waals surface area contributed by atoms with E-state index in [1.165, 1.54) is 7.11 Å². The summed E-state index contributed by atoms with van der Waals surface area (Å²) < 4.78 is 9.80. The lowest BCUT2D eigenvalue weighted by molar-refractivity contribution is -0.386. The van der Waals surface area contributed by atoms with Gasteiger partial charge in [-0.3, -0.25) is 10.1 Å². The Kier molecular flexibility index (Phi) is 3.76. The summed E-state index contributed by atoms with van der Waals surface area (Å²) in [5.41, 5.74) is -1.09. The van der Waals surface area contributed by atoms with Crippen molar-refractivity contribution < 1.29 is 14.1 Å². The zero-order valence-corrected chi connectivity index (χ0v) is 10.2. The summed E-state index contributed by atoms with van der Waals surface area (Å²) in [6.07, 6.45) is 0. The molecular weight excluding hydrogens is 252 g/mol. The Morgan fingerprint density at radius 3 is 2.84 bits per heavy atom. The van der Waals surface area contributed by atoms with E-state index in [9.17, 15) is 14.9 Å². The van der Waals surface area contributed by atoms with Gasteiger partial charge in [0.25, 0.3) is 0 Å². The molecule has 1 aromatic heterocycles. The first-order chi connectivity index (χ1) is 9.15. The van der Waals surface area contributed by atoms with Gasteiger partial charge in [0.15, 0.2) is 0 Å². The molecule has 0 radical (unpaired) electrons. The molecule has 19 heavy (non-hydrogen) atoms. The van der Waals surface area contributed by atoms with Crippen LogP contribution in [0.1, 0.15) is 0 Å². The molecule has 0 saturated heterocycles. The van der Waals surface area contributed by atoms with Gasteiger partial charge in [-0.15, -0.1) is 0 Å². The molecule has 1 aromatic carbocycles. The maximum absolute atomic E-state index is 11.6. The van der Waals surface area contributed by atoms with Crippen molar-refractivity contribution >= 4 is 22.3 Å². The average Bonchev–Trinajstić information content (AvgIpc) is 2.38. The molecule has 100 valence electrons. The van der Waals surface area contributed by atoms with Crippen LogP contribution < -0.4 is 10.9 Å². The lowest BCUT2D eigenvalue weighted by Gasteiger charge is -2.08. The van der Waals surface area contributed by atoms with Crippen LogP contribution in [-0.4, -0.2) is 25.2 Å². The first kappa shape index (κ1) is 13.0. The number of hydrogen-bond donors (Lipinski definition) is 1. The number of hydrogen-bond acceptors (Lipinski definition) is 6. The summed E-state index contributed by atoms with van der Waals surface area (Å²) >= 11 is 0. The minimum atomic E-state index is -0.969. The third-order valence-electron chi connectivity index (χ3n) is 2.58. The predicted octanol–water partition coefficient (Wildman–Crippen LogP) is 1.76. The molecule has 1 N–H and O–H groups in total. The number of benzene rings is 1. The highest BCUT2D eigenvalue weighted by molar-refractivity contribution is 5.94. The fraction of sp³-hybridized carbons (Fsp3) is 0.250. The Morgan fingerprint density at radius 1 is 1.42 bits per heavy atom. The van der Waals surface area contributed by atoms with Gasteiger partial charge in [-0.2, -0.15) is 0 Å². The SMILES string of the molecule is COCCNc1c([N+](=O)[O-])c(=O)oc2ccccc12. The highest BCUT2D eigenvalue weighted by Gasteiger charge is 2.24. The second-order valence-electron chi connectivity index (χ2n) is 3.79. The van der Waals surface area contributed by atoms with Crippen LogP contribution in [0.2, 0.25) is 0 Å². The maximum Gasteiger partial charge on any atom is 0.417 e. The van der Waals surface area contributed by atoms with Crippen molar-refractivity contribution in [2.45, 2.75) is 0 Å². The Labute approximate surface area is 107 Å². The molecular formula is C12H12N2O5. The minimum Gasteiger partial charge on any atom is -0.418 e. The van der Waals surface area contributed by atoms with Crippen molar-refractivity contribution in [1.82, 2.24) is 0 Å². The van der Waals surface area contributed by atoms with Crippen molar-refractivity contribution in [3.8, 4) is 0 Å². The van der Waals surface area contributed by atoms with E-state index in [2.05, 4.69) is 5.32 Å². The lowest BCUT2D eigenvalue weighted by Crippen LogP contribution is -2.14. The van der Waals surface area contributed by atoms with Gasteiger partial charge >= 0.3 is 11.3 Å². The van der Waals surface area contributed by atoms with E-state index in [1.807, 2.05) is 0 Å². The Bertz CT molecular complexity index is 665. The first-order valence-corrected chi connectivity index (χ1v) is 5.58. The van der Waals surface area contributed by atoms with Gasteiger partial charge in [-0.25, -0.2) is 4.79 Å². The number of fused-ring (bicyclic) bond motifs is 1. The molecule has 2 aromatic rings. The van der Waals surface area contributed by atoms with E-state index in [0.29, 0.717) is 24.1 Å². The van der Waals surface area contributed by atoms with Gasteiger partial charge in [0.1, 0.15) is 11.3 Å². The van der Waals surface area contributed by atoms with Crippen LogP contribution in [0.5, 0.6) is 0 Å². The predicted molar refractivity (Wildman–Crippen MR) is 69.5 cm³/mol. The second kappa shape index (κ2) is 5.49. The van der Waals surface area contributed by atoms with Crippen LogP contribution in [-0.2, 0) is 4.74 Å². The number of nitrogens with zero attached hydrogens (tertiary/aromatic N) is 1. The smallest absolute Gasteiger partial charge is 0.417 e. The Morgan fingerprint density at radius 2 is 2.16 bits per heavy atom. The Balaban J connectivity index is 2.62. The normalized spacial score (nSPS) is 10.6. The first-order valence-electron chi connectivity index (χ1n) is 5.58. The molecule has 7 heteroatoms. The highest BCUT2D eigenvalue weighted by atomic mass is 16.6. The third-order valence-corrected chi connectivity index (χ3v) is 2.58. The molecule has 0 fully saturated rings. The average molecular weight is 264 g/mol. The van der Waals surface area contributed by atoms with Crippen molar-refractivity contribution in [1.29, 1.82) is 0 Å². The van der Waals surface area contributed by atoms with Gasteiger partial charge in [0.05, 0.1) is 11.5 Å². The quantitative estimate of drug-likeness (QED) is 0.382. The van der Waals surface area contributed by atoms with Crippen LogP contribution in [0.4, 0.5) is 11.4 Å². The van der Waals surface area contributed by atoms with E-state index >= 15 is 0 Å². The Hall–Kier alpha value is -2.41. The van der Waals surface area contributed by atoms with E-state index in [1.54, 1.807) is 24.3 Å². The number of nitro groups is 1. The molecule has 0 saturated carbocycles. The molecule has 1 heterocycles. The molecule has 0 amide bonds. The topological polar surface area (TPSA) is 94.6 Å². The molecule has 2 rings (SSSR count). The fourth-order valence-electron chi connectivity index (χ4n) is 1.76. The van der Waals surface area contributed by atoms with Crippen LogP contribution in [0.15, 0.2) is 33.5 Å². The standard InChI is InChI=1S/C12H12N2O5/c1-18-7-6-13-10-8-4-2-3-5-9(8)19-12(15)11(10)14(16)17/h2-5,13H,6-7H2,1H3. The summed E-state index contributed by atoms with van der Waals surface area (Å²) in [5, 5.41) is 14.3. The molecule has 0 aliphatic carbocycles. The number of rotatable bonds is 5. The van der Waals surface area contributed by atoms with Crippen molar-refractivity contribution in [2.75, 3.05) is 25.6 Å². The van der Waals surface area contributed by atoms with Crippen molar-refractivity contribution in [3.63, 3.8) is 0 Å². The summed E-state index contributed by atoms with van der Waals surface area (Å²) in [7, 11) is 1.52.